The predicted octanol–water partition coefficient (Wildman–Crippen LogP) is 3.21. The first-order chi connectivity index (χ1) is 9.40. The minimum Gasteiger partial charge on any atom is -0.494 e. The van der Waals surface area contributed by atoms with Gasteiger partial charge in [-0.2, -0.15) is 5.10 Å². The van der Waals surface area contributed by atoms with E-state index in [0.29, 0.717) is 6.61 Å². The smallest absolute Gasteiger partial charge is 0.212 e. The van der Waals surface area contributed by atoms with Gasteiger partial charge < -0.3 is 9.47 Å². The molecule has 0 amide bonds. The van der Waals surface area contributed by atoms with E-state index in [9.17, 15) is 0 Å². The quantitative estimate of drug-likeness (QED) is 0.741. The summed E-state index contributed by atoms with van der Waals surface area (Å²) in [7, 11) is 0. The Morgan fingerprint density at radius 1 is 1.11 bits per heavy atom. The summed E-state index contributed by atoms with van der Waals surface area (Å²) < 4.78 is 11.1. The van der Waals surface area contributed by atoms with Crippen LogP contribution in [0.5, 0.6) is 11.6 Å². The molecule has 4 nitrogen and oxygen atoms in total. The van der Waals surface area contributed by atoms with E-state index < -0.39 is 0 Å². The average Bonchev–Trinajstić information content (AvgIpc) is 2.88. The summed E-state index contributed by atoms with van der Waals surface area (Å²) in [5, 5.41) is 6.88. The van der Waals surface area contributed by atoms with E-state index in [2.05, 4.69) is 10.2 Å². The van der Waals surface area contributed by atoms with E-state index in [1.807, 2.05) is 43.5 Å². The first-order valence-electron chi connectivity index (χ1n) is 6.73. The Morgan fingerprint density at radius 3 is 2.74 bits per heavy atom. The van der Waals surface area contributed by atoms with Gasteiger partial charge in [-0.1, -0.05) is 18.2 Å². The Morgan fingerprint density at radius 2 is 1.95 bits per heavy atom. The van der Waals surface area contributed by atoms with E-state index in [-0.39, 0.29) is 0 Å². The number of unbranched alkanes of at least 4 members (excludes halogenated alkanes) is 1. The summed E-state index contributed by atoms with van der Waals surface area (Å²) in [6.45, 7) is 3.37. The highest BCUT2D eigenvalue weighted by molar-refractivity contribution is 5.22. The lowest BCUT2D eigenvalue weighted by Crippen LogP contribution is -1.99. The molecule has 0 aliphatic carbocycles. The van der Waals surface area contributed by atoms with Crippen molar-refractivity contribution in [2.75, 3.05) is 13.2 Å². The second-order valence-corrected chi connectivity index (χ2v) is 4.28. The maximum Gasteiger partial charge on any atom is 0.212 e. The van der Waals surface area contributed by atoms with Gasteiger partial charge in [0.2, 0.25) is 5.88 Å². The third kappa shape index (κ3) is 4.32. The fourth-order valence-electron chi connectivity index (χ4n) is 1.87. The van der Waals surface area contributed by atoms with E-state index in [0.717, 1.165) is 43.1 Å². The van der Waals surface area contributed by atoms with E-state index >= 15 is 0 Å². The van der Waals surface area contributed by atoms with Crippen LogP contribution < -0.4 is 9.47 Å². The Hall–Kier alpha value is -1.97. The summed E-state index contributed by atoms with van der Waals surface area (Å²) in [5.41, 5.74) is 1.14. The number of benzene rings is 1. The third-order valence-corrected chi connectivity index (χ3v) is 2.82. The molecule has 0 aliphatic rings. The van der Waals surface area contributed by atoms with Crippen LogP contribution in [0.3, 0.4) is 0 Å². The van der Waals surface area contributed by atoms with Crippen LogP contribution in [0.1, 0.15) is 25.3 Å². The number of hydrogen-bond acceptors (Lipinski definition) is 3. The minimum absolute atomic E-state index is 0.659. The van der Waals surface area contributed by atoms with Gasteiger partial charge >= 0.3 is 0 Å². The second kappa shape index (κ2) is 7.46. The van der Waals surface area contributed by atoms with E-state index in [1.54, 1.807) is 0 Å². The molecule has 0 saturated carbocycles. The number of rotatable bonds is 8. The van der Waals surface area contributed by atoms with Crippen LogP contribution in [0, 0.1) is 0 Å². The molecule has 4 heteroatoms. The molecule has 0 unspecified atom stereocenters. The van der Waals surface area contributed by atoms with Crippen molar-refractivity contribution in [3.63, 3.8) is 0 Å². The van der Waals surface area contributed by atoms with Crippen molar-refractivity contribution in [2.24, 2.45) is 0 Å². The van der Waals surface area contributed by atoms with Crippen LogP contribution >= 0.6 is 0 Å². The highest BCUT2D eigenvalue weighted by Gasteiger charge is 2.05. The van der Waals surface area contributed by atoms with Gasteiger partial charge in [0.15, 0.2) is 0 Å². The molecule has 0 atom stereocenters. The summed E-state index contributed by atoms with van der Waals surface area (Å²) in [6.07, 6.45) is 4.88. The standard InChI is InChI=1S/C15H20N2O2/c1-2-18-15-13(12-16-17-15)8-6-7-11-19-14-9-4-3-5-10-14/h3-5,9-10,12H,2,6-8,11H2,1H3,(H,16,17). The van der Waals surface area contributed by atoms with Gasteiger partial charge in [-0.05, 0) is 38.3 Å². The lowest BCUT2D eigenvalue weighted by atomic mass is 10.1. The first-order valence-corrected chi connectivity index (χ1v) is 6.73. The number of ether oxygens (including phenoxy) is 2. The van der Waals surface area contributed by atoms with Gasteiger partial charge in [0.25, 0.3) is 0 Å². The van der Waals surface area contributed by atoms with Crippen molar-refractivity contribution in [1.82, 2.24) is 10.2 Å². The Balaban J connectivity index is 1.65. The van der Waals surface area contributed by atoms with Crippen LogP contribution in [0.25, 0.3) is 0 Å². The van der Waals surface area contributed by atoms with Crippen molar-refractivity contribution in [3.8, 4) is 11.6 Å². The molecule has 1 aromatic carbocycles. The molecule has 0 spiro atoms. The second-order valence-electron chi connectivity index (χ2n) is 4.28. The fraction of sp³-hybridized carbons (Fsp3) is 0.400. The van der Waals surface area contributed by atoms with Crippen LogP contribution in [-0.2, 0) is 6.42 Å². The SMILES string of the molecule is CCOc1[nH]ncc1CCCCOc1ccccc1. The number of aromatic amines is 1. The van der Waals surface area contributed by atoms with Crippen LogP contribution in [0.15, 0.2) is 36.5 Å². The van der Waals surface area contributed by atoms with Crippen LogP contribution in [0.2, 0.25) is 0 Å². The lowest BCUT2D eigenvalue weighted by molar-refractivity contribution is 0.304. The number of aromatic nitrogens is 2. The number of para-hydroxylation sites is 1. The molecular weight excluding hydrogens is 240 g/mol. The molecule has 19 heavy (non-hydrogen) atoms. The van der Waals surface area contributed by atoms with Crippen LogP contribution in [0.4, 0.5) is 0 Å². The van der Waals surface area contributed by atoms with Crippen molar-refractivity contribution in [3.05, 3.63) is 42.1 Å². The number of H-pyrrole nitrogens is 1. The van der Waals surface area contributed by atoms with Crippen molar-refractivity contribution in [1.29, 1.82) is 0 Å². The summed E-state index contributed by atoms with van der Waals surface area (Å²) in [6, 6.07) is 9.90. The van der Waals surface area contributed by atoms with Gasteiger partial charge in [0.1, 0.15) is 5.75 Å². The summed E-state index contributed by atoms with van der Waals surface area (Å²) in [5.74, 6) is 1.73. The molecule has 0 radical (unpaired) electrons. The first kappa shape index (κ1) is 13.5. The monoisotopic (exact) mass is 260 g/mol. The molecule has 0 aliphatic heterocycles. The molecule has 1 N–H and O–H groups in total. The van der Waals surface area contributed by atoms with Gasteiger partial charge in [0.05, 0.1) is 19.4 Å². The van der Waals surface area contributed by atoms with E-state index in [4.69, 9.17) is 9.47 Å². The van der Waals surface area contributed by atoms with Gasteiger partial charge in [-0.25, -0.2) is 5.10 Å². The molecule has 1 aromatic heterocycles. The van der Waals surface area contributed by atoms with Gasteiger partial charge in [0, 0.05) is 5.56 Å². The maximum absolute atomic E-state index is 5.65. The summed E-state index contributed by atoms with van der Waals surface area (Å²) in [4.78, 5) is 0. The normalized spacial score (nSPS) is 10.4. The number of hydrogen-bond donors (Lipinski definition) is 1. The molecule has 2 rings (SSSR count). The van der Waals surface area contributed by atoms with Crippen molar-refractivity contribution >= 4 is 0 Å². The largest absolute Gasteiger partial charge is 0.494 e. The Labute approximate surface area is 113 Å². The highest BCUT2D eigenvalue weighted by Crippen LogP contribution is 2.16. The topological polar surface area (TPSA) is 47.1 Å². The molecule has 102 valence electrons. The maximum atomic E-state index is 5.65. The minimum atomic E-state index is 0.659. The zero-order valence-corrected chi connectivity index (χ0v) is 11.3. The molecular formula is C15H20N2O2. The molecule has 1 heterocycles. The molecule has 0 bridgehead atoms. The fourth-order valence-corrected chi connectivity index (χ4v) is 1.87. The average molecular weight is 260 g/mol. The third-order valence-electron chi connectivity index (χ3n) is 2.82. The number of nitrogens with one attached hydrogen (secondary N) is 1. The highest BCUT2D eigenvalue weighted by atomic mass is 16.5. The molecule has 0 fully saturated rings. The lowest BCUT2D eigenvalue weighted by Gasteiger charge is -2.06. The zero-order chi connectivity index (χ0) is 13.3. The van der Waals surface area contributed by atoms with Gasteiger partial charge in [-0.15, -0.1) is 0 Å². The zero-order valence-electron chi connectivity index (χ0n) is 11.3. The van der Waals surface area contributed by atoms with Crippen molar-refractivity contribution in [2.45, 2.75) is 26.2 Å². The molecule has 0 saturated heterocycles. The number of nitrogens with zero attached hydrogens (tertiary/aromatic N) is 1. The summed E-state index contributed by atoms with van der Waals surface area (Å²) >= 11 is 0. The van der Waals surface area contributed by atoms with Crippen LogP contribution in [-0.4, -0.2) is 23.4 Å². The Bertz CT molecular complexity index is 468. The van der Waals surface area contributed by atoms with E-state index in [1.165, 1.54) is 0 Å². The Kier molecular flexibility index (Phi) is 5.29. The molecule has 2 aromatic rings. The van der Waals surface area contributed by atoms with Crippen molar-refractivity contribution < 1.29 is 9.47 Å². The predicted molar refractivity (Wildman–Crippen MR) is 74.6 cm³/mol. The number of aryl methyl sites for hydroxylation is 1. The van der Waals surface area contributed by atoms with Gasteiger partial charge in [-0.3, -0.25) is 0 Å².